The van der Waals surface area contributed by atoms with E-state index in [1.54, 1.807) is 0 Å². The van der Waals surface area contributed by atoms with E-state index in [1.807, 2.05) is 20.8 Å². The molecule has 0 aliphatic rings. The molecule has 0 unspecified atom stereocenters. The zero-order valence-electron chi connectivity index (χ0n) is 11.3. The number of rotatable bonds is 8. The fourth-order valence-electron chi connectivity index (χ4n) is 1.28. The van der Waals surface area contributed by atoms with Gasteiger partial charge < -0.3 is 10.1 Å². The van der Waals surface area contributed by atoms with Crippen LogP contribution in [-0.2, 0) is 4.74 Å². The van der Waals surface area contributed by atoms with Crippen LogP contribution in [0.3, 0.4) is 0 Å². The van der Waals surface area contributed by atoms with Crippen molar-refractivity contribution in [3.8, 4) is 0 Å². The van der Waals surface area contributed by atoms with Crippen molar-refractivity contribution in [1.29, 1.82) is 0 Å². The molecule has 1 amide bonds. The van der Waals surface area contributed by atoms with Crippen molar-refractivity contribution < 1.29 is 9.53 Å². The molecule has 16 heavy (non-hydrogen) atoms. The Hall–Kier alpha value is -0.730. The summed E-state index contributed by atoms with van der Waals surface area (Å²) < 4.78 is 5.26. The molecule has 0 saturated heterocycles. The van der Waals surface area contributed by atoms with Crippen LogP contribution in [0.1, 0.15) is 66.2 Å². The second-order valence-corrected chi connectivity index (χ2v) is 4.84. The predicted octanol–water partition coefficient (Wildman–Crippen LogP) is 3.87. The Morgan fingerprint density at radius 2 is 1.75 bits per heavy atom. The number of nitrogens with one attached hydrogen (secondary N) is 1. The lowest BCUT2D eigenvalue weighted by Crippen LogP contribution is -2.34. The summed E-state index contributed by atoms with van der Waals surface area (Å²) in [6.45, 7) is 8.78. The van der Waals surface area contributed by atoms with Crippen molar-refractivity contribution in [1.82, 2.24) is 5.32 Å². The number of alkyl carbamates (subject to hydrolysis) is 1. The highest BCUT2D eigenvalue weighted by atomic mass is 16.6. The molecule has 0 aromatic heterocycles. The van der Waals surface area contributed by atoms with Crippen LogP contribution in [0.25, 0.3) is 0 Å². The first-order valence-electron chi connectivity index (χ1n) is 6.48. The van der Waals surface area contributed by atoms with Crippen molar-refractivity contribution in [2.45, 2.75) is 71.8 Å². The summed E-state index contributed by atoms with van der Waals surface area (Å²) in [6.07, 6.45) is 6.56. The summed E-state index contributed by atoms with van der Waals surface area (Å²) in [7, 11) is 0. The third-order valence-corrected chi connectivity index (χ3v) is 2.77. The van der Waals surface area contributed by atoms with Gasteiger partial charge in [0.05, 0.1) is 0 Å². The van der Waals surface area contributed by atoms with Crippen LogP contribution in [0.4, 0.5) is 4.79 Å². The van der Waals surface area contributed by atoms with Crippen molar-refractivity contribution in [2.75, 3.05) is 6.54 Å². The molecule has 0 heterocycles. The van der Waals surface area contributed by atoms with Gasteiger partial charge in [0.25, 0.3) is 0 Å². The normalized spacial score (nSPS) is 11.2. The predicted molar refractivity (Wildman–Crippen MR) is 67.6 cm³/mol. The number of hydrogen-bond donors (Lipinski definition) is 1. The van der Waals surface area contributed by atoms with Gasteiger partial charge >= 0.3 is 6.09 Å². The average Bonchev–Trinajstić information content (AvgIpc) is 2.22. The lowest BCUT2D eigenvalue weighted by Gasteiger charge is -2.23. The van der Waals surface area contributed by atoms with Gasteiger partial charge in [-0.1, -0.05) is 39.5 Å². The molecular formula is C13H27NO2. The van der Waals surface area contributed by atoms with Crippen LogP contribution in [0.15, 0.2) is 0 Å². The van der Waals surface area contributed by atoms with Crippen LogP contribution >= 0.6 is 0 Å². The quantitative estimate of drug-likeness (QED) is 0.642. The maximum absolute atomic E-state index is 11.4. The third-order valence-electron chi connectivity index (χ3n) is 2.77. The zero-order chi connectivity index (χ0) is 12.4. The number of unbranched alkanes of at least 4 members (excludes halogenated alkanes) is 4. The Bertz CT molecular complexity index is 190. The molecule has 0 aromatic carbocycles. The summed E-state index contributed by atoms with van der Waals surface area (Å²) in [5, 5.41) is 2.79. The lowest BCUT2D eigenvalue weighted by molar-refractivity contribution is 0.0363. The Morgan fingerprint density at radius 3 is 2.31 bits per heavy atom. The van der Waals surface area contributed by atoms with Crippen LogP contribution in [0.5, 0.6) is 0 Å². The molecule has 96 valence electrons. The Kier molecular flexibility index (Phi) is 8.04. The number of carbonyl (C=O) groups excluding carboxylic acids is 1. The number of amides is 1. The van der Waals surface area contributed by atoms with E-state index in [0.29, 0.717) is 0 Å². The maximum atomic E-state index is 11.4. The number of ether oxygens (including phenoxy) is 1. The Balaban J connectivity index is 3.44. The van der Waals surface area contributed by atoms with Gasteiger partial charge in [0, 0.05) is 6.54 Å². The van der Waals surface area contributed by atoms with E-state index >= 15 is 0 Å². The largest absolute Gasteiger partial charge is 0.444 e. The molecule has 0 fully saturated rings. The lowest BCUT2D eigenvalue weighted by atomic mass is 10.1. The minimum absolute atomic E-state index is 0.289. The summed E-state index contributed by atoms with van der Waals surface area (Å²) >= 11 is 0. The molecule has 0 spiro atoms. The summed E-state index contributed by atoms with van der Waals surface area (Å²) in [6, 6.07) is 0. The van der Waals surface area contributed by atoms with Gasteiger partial charge in [-0.15, -0.1) is 0 Å². The van der Waals surface area contributed by atoms with Crippen LogP contribution in [-0.4, -0.2) is 18.2 Å². The van der Waals surface area contributed by atoms with E-state index in [9.17, 15) is 4.79 Å². The van der Waals surface area contributed by atoms with Crippen molar-refractivity contribution in [2.24, 2.45) is 0 Å². The van der Waals surface area contributed by atoms with Gasteiger partial charge in [-0.05, 0) is 26.7 Å². The molecule has 0 radical (unpaired) electrons. The summed E-state index contributed by atoms with van der Waals surface area (Å²) in [5.74, 6) is 0. The monoisotopic (exact) mass is 229 g/mol. The second-order valence-electron chi connectivity index (χ2n) is 4.84. The Morgan fingerprint density at radius 1 is 1.12 bits per heavy atom. The average molecular weight is 229 g/mol. The highest BCUT2D eigenvalue weighted by molar-refractivity contribution is 5.67. The van der Waals surface area contributed by atoms with Crippen molar-refractivity contribution in [3.63, 3.8) is 0 Å². The van der Waals surface area contributed by atoms with Crippen LogP contribution < -0.4 is 5.32 Å². The van der Waals surface area contributed by atoms with Gasteiger partial charge in [-0.3, -0.25) is 0 Å². The van der Waals surface area contributed by atoms with Gasteiger partial charge in [0.1, 0.15) is 5.60 Å². The zero-order valence-corrected chi connectivity index (χ0v) is 11.3. The van der Waals surface area contributed by atoms with Gasteiger partial charge in [0.15, 0.2) is 0 Å². The molecule has 0 bridgehead atoms. The smallest absolute Gasteiger partial charge is 0.407 e. The minimum atomic E-state index is -0.355. The first-order chi connectivity index (χ1) is 7.52. The van der Waals surface area contributed by atoms with E-state index in [2.05, 4.69) is 12.2 Å². The van der Waals surface area contributed by atoms with E-state index < -0.39 is 0 Å². The van der Waals surface area contributed by atoms with Gasteiger partial charge in [-0.25, -0.2) is 4.79 Å². The van der Waals surface area contributed by atoms with Gasteiger partial charge in [0.2, 0.25) is 0 Å². The molecule has 0 saturated carbocycles. The summed E-state index contributed by atoms with van der Waals surface area (Å²) in [5.41, 5.74) is -0.355. The van der Waals surface area contributed by atoms with Crippen LogP contribution in [0, 0.1) is 0 Å². The summed E-state index contributed by atoms with van der Waals surface area (Å²) in [4.78, 5) is 11.4. The maximum Gasteiger partial charge on any atom is 0.407 e. The molecular weight excluding hydrogens is 202 g/mol. The molecule has 3 nitrogen and oxygen atoms in total. The molecule has 1 N–H and O–H groups in total. The highest BCUT2D eigenvalue weighted by Gasteiger charge is 2.19. The fraction of sp³-hybridized carbons (Fsp3) is 0.923. The van der Waals surface area contributed by atoms with Crippen LogP contribution in [0.2, 0.25) is 0 Å². The Labute approximate surface area is 99.9 Å². The van der Waals surface area contributed by atoms with Gasteiger partial charge in [-0.2, -0.15) is 0 Å². The molecule has 3 heteroatoms. The fourth-order valence-corrected chi connectivity index (χ4v) is 1.28. The SMILES string of the molecule is CCCCCCCNC(=O)OC(C)(C)CC. The third kappa shape index (κ3) is 8.57. The van der Waals surface area contributed by atoms with E-state index in [0.717, 1.165) is 19.4 Å². The topological polar surface area (TPSA) is 38.3 Å². The molecule has 0 aromatic rings. The first-order valence-corrected chi connectivity index (χ1v) is 6.48. The molecule has 0 atom stereocenters. The number of carbonyl (C=O) groups is 1. The standard InChI is InChI=1S/C13H27NO2/c1-5-7-8-9-10-11-14-12(15)16-13(3,4)6-2/h5-11H2,1-4H3,(H,14,15). The molecule has 0 aliphatic carbocycles. The van der Waals surface area contributed by atoms with Crippen molar-refractivity contribution in [3.05, 3.63) is 0 Å². The van der Waals surface area contributed by atoms with E-state index in [1.165, 1.54) is 25.7 Å². The highest BCUT2D eigenvalue weighted by Crippen LogP contribution is 2.13. The second kappa shape index (κ2) is 8.43. The minimum Gasteiger partial charge on any atom is -0.444 e. The molecule has 0 aliphatic heterocycles. The van der Waals surface area contributed by atoms with E-state index in [-0.39, 0.29) is 11.7 Å². The first kappa shape index (κ1) is 15.3. The van der Waals surface area contributed by atoms with Crippen molar-refractivity contribution >= 4 is 6.09 Å². The van der Waals surface area contributed by atoms with E-state index in [4.69, 9.17) is 4.74 Å². The molecule has 0 rings (SSSR count). The number of hydrogen-bond acceptors (Lipinski definition) is 2.